The Balaban J connectivity index is 1.56. The summed E-state index contributed by atoms with van der Waals surface area (Å²) in [7, 11) is 1.80. The summed E-state index contributed by atoms with van der Waals surface area (Å²) < 4.78 is 15.1. The Kier molecular flexibility index (Phi) is 5.39. The third kappa shape index (κ3) is 3.66. The van der Waals surface area contributed by atoms with Crippen molar-refractivity contribution < 1.29 is 14.0 Å². The van der Waals surface area contributed by atoms with Gasteiger partial charge in [-0.15, -0.1) is 0 Å². The number of benzene rings is 1. The van der Waals surface area contributed by atoms with Gasteiger partial charge in [-0.05, 0) is 43.4 Å². The van der Waals surface area contributed by atoms with Gasteiger partial charge in [0.05, 0.1) is 11.6 Å². The van der Waals surface area contributed by atoms with E-state index in [1.165, 1.54) is 12.1 Å². The molecule has 2 aromatic rings. The van der Waals surface area contributed by atoms with E-state index in [0.717, 1.165) is 49.9 Å². The van der Waals surface area contributed by atoms with E-state index >= 15 is 0 Å². The Morgan fingerprint density at radius 3 is 2.52 bits per heavy atom. The second-order valence-corrected chi connectivity index (χ2v) is 8.12. The number of aromatic nitrogens is 2. The van der Waals surface area contributed by atoms with Crippen molar-refractivity contribution >= 4 is 17.6 Å². The van der Waals surface area contributed by atoms with Crippen molar-refractivity contribution in [2.45, 2.75) is 56.4 Å². The largest absolute Gasteiger partial charge is 0.344 e. The molecule has 29 heavy (non-hydrogen) atoms. The van der Waals surface area contributed by atoms with Crippen LogP contribution >= 0.6 is 0 Å². The lowest BCUT2D eigenvalue weighted by Crippen LogP contribution is -2.57. The van der Waals surface area contributed by atoms with Crippen molar-refractivity contribution in [3.63, 3.8) is 0 Å². The minimum absolute atomic E-state index is 0.0988. The van der Waals surface area contributed by atoms with Gasteiger partial charge in [0.2, 0.25) is 5.91 Å². The van der Waals surface area contributed by atoms with E-state index < -0.39 is 11.5 Å². The second-order valence-electron chi connectivity index (χ2n) is 8.12. The van der Waals surface area contributed by atoms with Gasteiger partial charge in [-0.3, -0.25) is 19.2 Å². The van der Waals surface area contributed by atoms with Crippen LogP contribution in [-0.4, -0.2) is 34.2 Å². The number of halogens is 1. The summed E-state index contributed by atoms with van der Waals surface area (Å²) in [5.41, 5.74) is 0.143. The fourth-order valence-electron chi connectivity index (χ4n) is 4.74. The monoisotopic (exact) mass is 398 g/mol. The Labute approximate surface area is 170 Å². The first-order valence-corrected chi connectivity index (χ1v) is 10.4. The van der Waals surface area contributed by atoms with Crippen molar-refractivity contribution in [1.29, 1.82) is 0 Å². The summed E-state index contributed by atoms with van der Waals surface area (Å²) in [5.74, 6) is 0.210. The molecule has 1 unspecified atom stereocenters. The molecule has 1 saturated carbocycles. The molecule has 1 aromatic carbocycles. The van der Waals surface area contributed by atoms with Crippen LogP contribution < -0.4 is 10.2 Å². The van der Waals surface area contributed by atoms with E-state index in [2.05, 4.69) is 10.4 Å². The van der Waals surface area contributed by atoms with Crippen LogP contribution in [0.1, 0.15) is 50.5 Å². The van der Waals surface area contributed by atoms with Crippen molar-refractivity contribution in [2.24, 2.45) is 7.05 Å². The van der Waals surface area contributed by atoms with Gasteiger partial charge in [0, 0.05) is 19.7 Å². The summed E-state index contributed by atoms with van der Waals surface area (Å²) in [6, 6.07) is 7.51. The SMILES string of the molecule is Cn1nccc1N1CCCC(NC(=O)C2(c3ccc(F)cc3)CCCCC2)C1=O. The van der Waals surface area contributed by atoms with Gasteiger partial charge in [0.25, 0.3) is 5.91 Å². The lowest BCUT2D eigenvalue weighted by molar-refractivity contribution is -0.133. The molecule has 0 radical (unpaired) electrons. The fourth-order valence-corrected chi connectivity index (χ4v) is 4.74. The number of anilines is 1. The molecule has 6 nitrogen and oxygen atoms in total. The van der Waals surface area contributed by atoms with Crippen molar-refractivity contribution in [1.82, 2.24) is 15.1 Å². The molecule has 1 atom stereocenters. The summed E-state index contributed by atoms with van der Waals surface area (Å²) in [5, 5.41) is 7.20. The molecule has 2 heterocycles. The van der Waals surface area contributed by atoms with Crippen LogP contribution in [0.5, 0.6) is 0 Å². The van der Waals surface area contributed by atoms with E-state index in [4.69, 9.17) is 0 Å². The zero-order valence-electron chi connectivity index (χ0n) is 16.7. The summed E-state index contributed by atoms with van der Waals surface area (Å²) >= 11 is 0. The van der Waals surface area contributed by atoms with Crippen LogP contribution in [0, 0.1) is 5.82 Å². The second kappa shape index (κ2) is 7.97. The maximum atomic E-state index is 13.5. The minimum Gasteiger partial charge on any atom is -0.344 e. The average Bonchev–Trinajstić information content (AvgIpc) is 3.16. The van der Waals surface area contributed by atoms with Gasteiger partial charge in [0.15, 0.2) is 0 Å². The molecule has 0 bridgehead atoms. The smallest absolute Gasteiger partial charge is 0.250 e. The van der Waals surface area contributed by atoms with Gasteiger partial charge >= 0.3 is 0 Å². The third-order valence-corrected chi connectivity index (χ3v) is 6.35. The van der Waals surface area contributed by atoms with Gasteiger partial charge < -0.3 is 5.32 Å². The fraction of sp³-hybridized carbons (Fsp3) is 0.500. The normalized spacial score (nSPS) is 21.8. The molecule has 154 valence electrons. The van der Waals surface area contributed by atoms with E-state index in [0.29, 0.717) is 13.0 Å². The number of nitrogens with zero attached hydrogens (tertiary/aromatic N) is 3. The predicted molar refractivity (Wildman–Crippen MR) is 108 cm³/mol. The Bertz CT molecular complexity index is 886. The lowest BCUT2D eigenvalue weighted by atomic mass is 9.68. The Morgan fingerprint density at radius 2 is 1.86 bits per heavy atom. The first-order chi connectivity index (χ1) is 14.0. The molecule has 1 aliphatic carbocycles. The predicted octanol–water partition coefficient (Wildman–Crippen LogP) is 3.07. The first kappa shape index (κ1) is 19.6. The molecule has 2 aliphatic rings. The van der Waals surface area contributed by atoms with Crippen LogP contribution in [0.15, 0.2) is 36.5 Å². The minimum atomic E-state index is -0.693. The number of amides is 2. The molecule has 4 rings (SSSR count). The van der Waals surface area contributed by atoms with Crippen molar-refractivity contribution in [3.05, 3.63) is 47.9 Å². The maximum Gasteiger partial charge on any atom is 0.250 e. The molecule has 2 amide bonds. The number of nitrogens with one attached hydrogen (secondary N) is 1. The third-order valence-electron chi connectivity index (χ3n) is 6.35. The standard InChI is InChI=1S/C22H27FN4O2/c1-26-19(11-14-24-26)27-15-5-6-18(20(27)28)25-21(29)22(12-3-2-4-13-22)16-7-9-17(23)10-8-16/h7-11,14,18H,2-6,12-13,15H2,1H3,(H,25,29). The molecule has 1 saturated heterocycles. The number of hydrogen-bond donors (Lipinski definition) is 1. The first-order valence-electron chi connectivity index (χ1n) is 10.4. The van der Waals surface area contributed by atoms with Crippen LogP contribution in [0.3, 0.4) is 0 Å². The van der Waals surface area contributed by atoms with Crippen molar-refractivity contribution in [2.75, 3.05) is 11.4 Å². The number of carbonyl (C=O) groups excluding carboxylic acids is 2. The van der Waals surface area contributed by atoms with Crippen LogP contribution in [-0.2, 0) is 22.1 Å². The molecule has 1 aliphatic heterocycles. The zero-order valence-corrected chi connectivity index (χ0v) is 16.7. The quantitative estimate of drug-likeness (QED) is 0.861. The number of hydrogen-bond acceptors (Lipinski definition) is 3. The zero-order chi connectivity index (χ0) is 20.4. The number of carbonyl (C=O) groups is 2. The molecule has 2 fully saturated rings. The number of aryl methyl sites for hydroxylation is 1. The van der Waals surface area contributed by atoms with Gasteiger partial charge in [-0.2, -0.15) is 5.10 Å². The average molecular weight is 398 g/mol. The number of piperidine rings is 1. The maximum absolute atomic E-state index is 13.5. The highest BCUT2D eigenvalue weighted by Gasteiger charge is 2.43. The van der Waals surface area contributed by atoms with Gasteiger partial charge in [-0.25, -0.2) is 4.39 Å². The highest BCUT2D eigenvalue weighted by atomic mass is 19.1. The molecule has 0 spiro atoms. The van der Waals surface area contributed by atoms with Gasteiger partial charge in [0.1, 0.15) is 17.7 Å². The lowest BCUT2D eigenvalue weighted by Gasteiger charge is -2.39. The van der Waals surface area contributed by atoms with Crippen LogP contribution in [0.2, 0.25) is 0 Å². The number of rotatable bonds is 4. The van der Waals surface area contributed by atoms with Crippen LogP contribution in [0.4, 0.5) is 10.2 Å². The molecular formula is C22H27FN4O2. The molecule has 1 aromatic heterocycles. The highest BCUT2D eigenvalue weighted by Crippen LogP contribution is 2.40. The van der Waals surface area contributed by atoms with E-state index in [9.17, 15) is 14.0 Å². The van der Waals surface area contributed by atoms with E-state index in [1.807, 2.05) is 6.07 Å². The van der Waals surface area contributed by atoms with Crippen LogP contribution in [0.25, 0.3) is 0 Å². The molecule has 1 N–H and O–H groups in total. The van der Waals surface area contributed by atoms with E-state index in [1.54, 1.807) is 35.0 Å². The van der Waals surface area contributed by atoms with Crippen molar-refractivity contribution in [3.8, 4) is 0 Å². The topological polar surface area (TPSA) is 67.2 Å². The summed E-state index contributed by atoms with van der Waals surface area (Å²) in [6.07, 6.45) is 7.52. The Morgan fingerprint density at radius 1 is 1.14 bits per heavy atom. The van der Waals surface area contributed by atoms with E-state index in [-0.39, 0.29) is 17.6 Å². The Hall–Kier alpha value is -2.70. The highest BCUT2D eigenvalue weighted by molar-refractivity contribution is 6.00. The molecular weight excluding hydrogens is 371 g/mol. The van der Waals surface area contributed by atoms with Gasteiger partial charge in [-0.1, -0.05) is 31.4 Å². The summed E-state index contributed by atoms with van der Waals surface area (Å²) in [6.45, 7) is 0.619. The summed E-state index contributed by atoms with van der Waals surface area (Å²) in [4.78, 5) is 28.3. The molecule has 7 heteroatoms.